The van der Waals surface area contributed by atoms with Crippen LogP contribution in [-0.2, 0) is 12.8 Å². The Morgan fingerprint density at radius 2 is 1.85 bits per heavy atom. The Morgan fingerprint density at radius 3 is 2.65 bits per heavy atom. The van der Waals surface area contributed by atoms with Gasteiger partial charge in [0.1, 0.15) is 11.5 Å². The van der Waals surface area contributed by atoms with Gasteiger partial charge in [-0.15, -0.1) is 0 Å². The van der Waals surface area contributed by atoms with Gasteiger partial charge in [0.2, 0.25) is 0 Å². The van der Waals surface area contributed by atoms with Crippen LogP contribution in [0.4, 0.5) is 5.69 Å². The predicted octanol–water partition coefficient (Wildman–Crippen LogP) is 4.33. The summed E-state index contributed by atoms with van der Waals surface area (Å²) >= 11 is 0. The summed E-state index contributed by atoms with van der Waals surface area (Å²) in [5.41, 5.74) is 5.63. The number of benzene rings is 1. The molecule has 20 heavy (non-hydrogen) atoms. The van der Waals surface area contributed by atoms with E-state index in [0.717, 1.165) is 17.9 Å². The van der Waals surface area contributed by atoms with Gasteiger partial charge in [-0.25, -0.2) is 0 Å². The fraction of sp³-hybridized carbons (Fsp3) is 0.444. The molecule has 0 radical (unpaired) electrons. The first-order valence-electron chi connectivity index (χ1n) is 7.81. The minimum atomic E-state index is 0.756. The number of nitrogens with zero attached hydrogens (tertiary/aromatic N) is 1. The average Bonchev–Trinajstić information content (AvgIpc) is 2.51. The summed E-state index contributed by atoms with van der Waals surface area (Å²) in [6, 6.07) is 2.31. The lowest BCUT2D eigenvalue weighted by Crippen LogP contribution is -2.34. The number of anilines is 1. The van der Waals surface area contributed by atoms with Crippen LogP contribution in [0.5, 0.6) is 5.75 Å². The molecule has 0 saturated heterocycles. The van der Waals surface area contributed by atoms with Gasteiger partial charge in [0, 0.05) is 29.9 Å². The Labute approximate surface area is 121 Å². The summed E-state index contributed by atoms with van der Waals surface area (Å²) in [6.07, 6.45) is 8.98. The standard InChI is InChI=1S/C16H17NO.C2H6/c1-11-6-7-13-10-12-4-2-8-17-9-3-5-14(15(12)17)16(13)18-11;1-2/h6-7,10H,1-5,8-9H2;1-2H3. The molecular formula is C18H23NO. The minimum Gasteiger partial charge on any atom is -0.457 e. The Kier molecular flexibility index (Phi) is 3.56. The monoisotopic (exact) mass is 269 g/mol. The maximum Gasteiger partial charge on any atom is 0.139 e. The Hall–Kier alpha value is -1.70. The van der Waals surface area contributed by atoms with Gasteiger partial charge in [0.05, 0.1) is 0 Å². The lowest BCUT2D eigenvalue weighted by Gasteiger charge is -2.38. The normalized spacial score (nSPS) is 18.5. The molecule has 4 rings (SSSR count). The van der Waals surface area contributed by atoms with Crippen molar-refractivity contribution in [2.75, 3.05) is 18.0 Å². The van der Waals surface area contributed by atoms with Crippen molar-refractivity contribution in [1.82, 2.24) is 0 Å². The molecule has 0 fully saturated rings. The summed E-state index contributed by atoms with van der Waals surface area (Å²) in [7, 11) is 0. The van der Waals surface area contributed by atoms with E-state index in [2.05, 4.69) is 23.6 Å². The van der Waals surface area contributed by atoms with Crippen LogP contribution < -0.4 is 9.64 Å². The lowest BCUT2D eigenvalue weighted by molar-refractivity contribution is 0.433. The van der Waals surface area contributed by atoms with Crippen molar-refractivity contribution in [3.05, 3.63) is 41.2 Å². The van der Waals surface area contributed by atoms with E-state index in [-0.39, 0.29) is 0 Å². The number of fused-ring (bicyclic) bond motifs is 2. The highest BCUT2D eigenvalue weighted by Gasteiger charge is 2.28. The quantitative estimate of drug-likeness (QED) is 0.695. The topological polar surface area (TPSA) is 12.5 Å². The van der Waals surface area contributed by atoms with Crippen LogP contribution in [-0.4, -0.2) is 13.1 Å². The fourth-order valence-electron chi connectivity index (χ4n) is 3.45. The zero-order valence-corrected chi connectivity index (χ0v) is 12.5. The van der Waals surface area contributed by atoms with Gasteiger partial charge in [-0.1, -0.05) is 20.4 Å². The lowest BCUT2D eigenvalue weighted by atomic mass is 9.88. The molecule has 0 N–H and O–H groups in total. The maximum atomic E-state index is 5.89. The summed E-state index contributed by atoms with van der Waals surface area (Å²) < 4.78 is 5.89. The average molecular weight is 269 g/mol. The second-order valence-electron chi connectivity index (χ2n) is 5.38. The SMILES string of the molecule is C=C1C=Cc2cc3c4c(c2O1)CCCN4CCC3.CC. The van der Waals surface area contributed by atoms with Crippen molar-refractivity contribution in [3.8, 4) is 5.75 Å². The zero-order valence-electron chi connectivity index (χ0n) is 12.5. The minimum absolute atomic E-state index is 0.756. The van der Waals surface area contributed by atoms with Crippen LogP contribution in [0.2, 0.25) is 0 Å². The van der Waals surface area contributed by atoms with Crippen molar-refractivity contribution < 1.29 is 4.74 Å². The first-order valence-corrected chi connectivity index (χ1v) is 7.81. The van der Waals surface area contributed by atoms with Gasteiger partial charge in [-0.05, 0) is 49.5 Å². The van der Waals surface area contributed by atoms with Crippen molar-refractivity contribution in [2.24, 2.45) is 0 Å². The molecule has 3 aliphatic rings. The van der Waals surface area contributed by atoms with Crippen LogP contribution >= 0.6 is 0 Å². The smallest absolute Gasteiger partial charge is 0.139 e. The van der Waals surface area contributed by atoms with E-state index in [1.807, 2.05) is 19.9 Å². The number of aryl methyl sites for hydroxylation is 1. The van der Waals surface area contributed by atoms with Crippen LogP contribution in [0.25, 0.3) is 6.08 Å². The van der Waals surface area contributed by atoms with Crippen LogP contribution in [0.15, 0.2) is 24.5 Å². The fourth-order valence-corrected chi connectivity index (χ4v) is 3.45. The van der Waals surface area contributed by atoms with E-state index in [9.17, 15) is 0 Å². The van der Waals surface area contributed by atoms with Crippen molar-refractivity contribution in [1.29, 1.82) is 0 Å². The molecule has 0 aromatic heterocycles. The molecule has 0 amide bonds. The van der Waals surface area contributed by atoms with Gasteiger partial charge >= 0.3 is 0 Å². The van der Waals surface area contributed by atoms with E-state index in [1.165, 1.54) is 54.7 Å². The van der Waals surface area contributed by atoms with Gasteiger partial charge in [-0.3, -0.25) is 0 Å². The zero-order chi connectivity index (χ0) is 14.1. The van der Waals surface area contributed by atoms with Gasteiger partial charge < -0.3 is 9.64 Å². The van der Waals surface area contributed by atoms with Crippen molar-refractivity contribution in [2.45, 2.75) is 39.5 Å². The van der Waals surface area contributed by atoms with E-state index in [4.69, 9.17) is 4.74 Å². The first kappa shape index (κ1) is 13.3. The number of hydrogen-bond acceptors (Lipinski definition) is 2. The molecule has 3 heterocycles. The molecule has 106 valence electrons. The Bertz CT molecular complexity index is 569. The molecule has 1 aromatic rings. The molecule has 0 bridgehead atoms. The maximum absolute atomic E-state index is 5.89. The summed E-state index contributed by atoms with van der Waals surface area (Å²) in [6.45, 7) is 10.3. The Morgan fingerprint density at radius 1 is 1.10 bits per heavy atom. The summed E-state index contributed by atoms with van der Waals surface area (Å²) in [4.78, 5) is 2.54. The van der Waals surface area contributed by atoms with E-state index < -0.39 is 0 Å². The number of rotatable bonds is 0. The molecule has 0 aliphatic carbocycles. The largest absolute Gasteiger partial charge is 0.457 e. The van der Waals surface area contributed by atoms with E-state index >= 15 is 0 Å². The van der Waals surface area contributed by atoms with Gasteiger partial charge in [0.15, 0.2) is 0 Å². The summed E-state index contributed by atoms with van der Waals surface area (Å²) in [5.74, 6) is 1.82. The number of ether oxygens (including phenoxy) is 1. The molecular weight excluding hydrogens is 246 g/mol. The molecule has 2 nitrogen and oxygen atoms in total. The molecule has 3 aliphatic heterocycles. The molecule has 2 heteroatoms. The second kappa shape index (κ2) is 5.35. The third-order valence-electron chi connectivity index (χ3n) is 4.18. The van der Waals surface area contributed by atoms with Crippen LogP contribution in [0.1, 0.15) is 43.4 Å². The van der Waals surface area contributed by atoms with E-state index in [1.54, 1.807) is 0 Å². The second-order valence-corrected chi connectivity index (χ2v) is 5.38. The first-order chi connectivity index (χ1) is 9.83. The molecule has 0 unspecified atom stereocenters. The molecule has 1 aromatic carbocycles. The highest BCUT2D eigenvalue weighted by atomic mass is 16.5. The van der Waals surface area contributed by atoms with Gasteiger partial charge in [0.25, 0.3) is 0 Å². The third-order valence-corrected chi connectivity index (χ3v) is 4.18. The highest BCUT2D eigenvalue weighted by molar-refractivity contribution is 5.76. The summed E-state index contributed by atoms with van der Waals surface area (Å²) in [5, 5.41) is 0. The van der Waals surface area contributed by atoms with Crippen molar-refractivity contribution in [3.63, 3.8) is 0 Å². The van der Waals surface area contributed by atoms with Gasteiger partial charge in [-0.2, -0.15) is 0 Å². The molecule has 0 saturated carbocycles. The van der Waals surface area contributed by atoms with Crippen LogP contribution in [0, 0.1) is 0 Å². The highest BCUT2D eigenvalue weighted by Crippen LogP contribution is 2.44. The van der Waals surface area contributed by atoms with Crippen LogP contribution in [0.3, 0.4) is 0 Å². The Balaban J connectivity index is 0.000000581. The number of hydrogen-bond donors (Lipinski definition) is 0. The van der Waals surface area contributed by atoms with E-state index in [0.29, 0.717) is 0 Å². The van der Waals surface area contributed by atoms with Crippen molar-refractivity contribution >= 4 is 11.8 Å². The predicted molar refractivity (Wildman–Crippen MR) is 85.4 cm³/mol. The molecule has 0 spiro atoms. The number of allylic oxidation sites excluding steroid dienone is 1. The molecule has 0 atom stereocenters. The third kappa shape index (κ3) is 2.04.